The number of benzene rings is 1. The van der Waals surface area contributed by atoms with Crippen LogP contribution in [0.3, 0.4) is 0 Å². The van der Waals surface area contributed by atoms with Crippen molar-refractivity contribution in [3.05, 3.63) is 29.8 Å². The van der Waals surface area contributed by atoms with E-state index in [1.165, 1.54) is 19.4 Å². The summed E-state index contributed by atoms with van der Waals surface area (Å²) >= 11 is 0. The molecule has 5 heteroatoms. The number of Topliss-reactive ketones (excluding diaryl/α,β-unsaturated/α-hetero) is 1. The normalized spacial score (nSPS) is 21.1. The SMILES string of the molecule is CCC(=O)c1ccc(OCC(=O)N2CCN3CCCC3C2)cc1. The maximum Gasteiger partial charge on any atom is 0.260 e. The second kappa shape index (κ2) is 7.13. The number of ether oxygens (including phenoxy) is 1. The van der Waals surface area contributed by atoms with Gasteiger partial charge in [-0.25, -0.2) is 0 Å². The second-order valence-electron chi connectivity index (χ2n) is 6.26. The molecule has 0 N–H and O–H groups in total. The van der Waals surface area contributed by atoms with Crippen molar-refractivity contribution in [3.8, 4) is 5.75 Å². The van der Waals surface area contributed by atoms with E-state index in [1.54, 1.807) is 24.3 Å². The third-order valence-electron chi connectivity index (χ3n) is 4.80. The fraction of sp³-hybridized carbons (Fsp3) is 0.556. The first-order valence-corrected chi connectivity index (χ1v) is 8.45. The highest BCUT2D eigenvalue weighted by Crippen LogP contribution is 2.21. The Balaban J connectivity index is 1.50. The molecule has 124 valence electrons. The van der Waals surface area contributed by atoms with Crippen LogP contribution in [0.25, 0.3) is 0 Å². The molecule has 0 saturated carbocycles. The van der Waals surface area contributed by atoms with Crippen LogP contribution in [0.4, 0.5) is 0 Å². The van der Waals surface area contributed by atoms with E-state index in [0.717, 1.165) is 19.6 Å². The quantitative estimate of drug-likeness (QED) is 0.779. The molecule has 2 fully saturated rings. The third-order valence-corrected chi connectivity index (χ3v) is 4.80. The molecule has 23 heavy (non-hydrogen) atoms. The van der Waals surface area contributed by atoms with Gasteiger partial charge in [0.25, 0.3) is 5.91 Å². The van der Waals surface area contributed by atoms with Gasteiger partial charge in [-0.2, -0.15) is 0 Å². The van der Waals surface area contributed by atoms with Crippen molar-refractivity contribution < 1.29 is 14.3 Å². The number of fused-ring (bicyclic) bond motifs is 1. The monoisotopic (exact) mass is 316 g/mol. The number of hydrogen-bond acceptors (Lipinski definition) is 4. The summed E-state index contributed by atoms with van der Waals surface area (Å²) in [6.07, 6.45) is 2.93. The zero-order valence-electron chi connectivity index (χ0n) is 13.7. The smallest absolute Gasteiger partial charge is 0.260 e. The van der Waals surface area contributed by atoms with Gasteiger partial charge in [-0.15, -0.1) is 0 Å². The number of carbonyl (C=O) groups is 2. The number of amides is 1. The molecule has 1 amide bonds. The Morgan fingerprint density at radius 2 is 1.96 bits per heavy atom. The summed E-state index contributed by atoms with van der Waals surface area (Å²) in [5, 5.41) is 0. The van der Waals surface area contributed by atoms with Crippen LogP contribution < -0.4 is 4.74 Å². The molecule has 0 bridgehead atoms. The molecular weight excluding hydrogens is 292 g/mol. The lowest BCUT2D eigenvalue weighted by molar-refractivity contribution is -0.135. The van der Waals surface area contributed by atoms with Gasteiger partial charge in [0.15, 0.2) is 12.4 Å². The van der Waals surface area contributed by atoms with E-state index in [1.807, 2.05) is 11.8 Å². The molecule has 5 nitrogen and oxygen atoms in total. The van der Waals surface area contributed by atoms with Gasteiger partial charge < -0.3 is 9.64 Å². The Hall–Kier alpha value is -1.88. The number of carbonyl (C=O) groups excluding carboxylic acids is 2. The summed E-state index contributed by atoms with van der Waals surface area (Å²) in [6.45, 7) is 5.67. The third kappa shape index (κ3) is 3.72. The first-order valence-electron chi connectivity index (χ1n) is 8.45. The average molecular weight is 316 g/mol. The molecule has 1 aromatic carbocycles. The van der Waals surface area contributed by atoms with Crippen LogP contribution >= 0.6 is 0 Å². The van der Waals surface area contributed by atoms with Crippen molar-refractivity contribution in [2.45, 2.75) is 32.2 Å². The van der Waals surface area contributed by atoms with Crippen molar-refractivity contribution in [1.82, 2.24) is 9.80 Å². The van der Waals surface area contributed by atoms with Crippen LogP contribution in [0.1, 0.15) is 36.5 Å². The molecule has 1 atom stereocenters. The van der Waals surface area contributed by atoms with Gasteiger partial charge >= 0.3 is 0 Å². The lowest BCUT2D eigenvalue weighted by Crippen LogP contribution is -2.53. The Morgan fingerprint density at radius 3 is 2.70 bits per heavy atom. The van der Waals surface area contributed by atoms with E-state index in [2.05, 4.69) is 4.90 Å². The molecule has 0 radical (unpaired) electrons. The predicted molar refractivity (Wildman–Crippen MR) is 87.7 cm³/mol. The van der Waals surface area contributed by atoms with Crippen LogP contribution in [-0.2, 0) is 4.79 Å². The molecule has 2 aliphatic heterocycles. The molecule has 2 heterocycles. The Kier molecular flexibility index (Phi) is 4.96. The minimum atomic E-state index is 0.0465. The molecule has 2 saturated heterocycles. The minimum absolute atomic E-state index is 0.0465. The standard InChI is InChI=1S/C18H24N2O3/c1-2-17(21)14-5-7-16(8-6-14)23-13-18(22)20-11-10-19-9-3-4-15(19)12-20/h5-8,15H,2-4,9-13H2,1H3. The van der Waals surface area contributed by atoms with Gasteiger partial charge in [0.2, 0.25) is 0 Å². The topological polar surface area (TPSA) is 49.9 Å². The Bertz CT molecular complexity index is 570. The molecule has 1 unspecified atom stereocenters. The highest BCUT2D eigenvalue weighted by Gasteiger charge is 2.32. The largest absolute Gasteiger partial charge is 0.484 e. The van der Waals surface area contributed by atoms with Crippen molar-refractivity contribution in [2.75, 3.05) is 32.8 Å². The summed E-state index contributed by atoms with van der Waals surface area (Å²) in [7, 11) is 0. The van der Waals surface area contributed by atoms with Gasteiger partial charge in [0.05, 0.1) is 0 Å². The van der Waals surface area contributed by atoms with Gasteiger partial charge in [-0.05, 0) is 43.7 Å². The second-order valence-corrected chi connectivity index (χ2v) is 6.26. The molecule has 2 aliphatic rings. The minimum Gasteiger partial charge on any atom is -0.484 e. The van der Waals surface area contributed by atoms with Crippen molar-refractivity contribution >= 4 is 11.7 Å². The van der Waals surface area contributed by atoms with E-state index >= 15 is 0 Å². The summed E-state index contributed by atoms with van der Waals surface area (Å²) in [5.74, 6) is 0.790. The first kappa shape index (κ1) is 16.0. The Morgan fingerprint density at radius 1 is 1.17 bits per heavy atom. The van der Waals surface area contributed by atoms with Crippen LogP contribution in [0, 0.1) is 0 Å². The molecule has 0 aliphatic carbocycles. The Labute approximate surface area is 137 Å². The number of hydrogen-bond donors (Lipinski definition) is 0. The van der Waals surface area contributed by atoms with Crippen molar-refractivity contribution in [1.29, 1.82) is 0 Å². The zero-order chi connectivity index (χ0) is 16.2. The summed E-state index contributed by atoms with van der Waals surface area (Å²) in [5.41, 5.74) is 0.684. The molecular formula is C18H24N2O3. The van der Waals surface area contributed by atoms with E-state index in [-0.39, 0.29) is 18.3 Å². The molecule has 1 aromatic rings. The van der Waals surface area contributed by atoms with Gasteiger partial charge in [-0.3, -0.25) is 14.5 Å². The number of ketones is 1. The lowest BCUT2D eigenvalue weighted by Gasteiger charge is -2.37. The highest BCUT2D eigenvalue weighted by atomic mass is 16.5. The van der Waals surface area contributed by atoms with Crippen LogP contribution in [0.15, 0.2) is 24.3 Å². The summed E-state index contributed by atoms with van der Waals surface area (Å²) in [4.78, 5) is 28.3. The fourth-order valence-electron chi connectivity index (χ4n) is 3.40. The highest BCUT2D eigenvalue weighted by molar-refractivity contribution is 5.95. The predicted octanol–water partition coefficient (Wildman–Crippen LogP) is 1.96. The van der Waals surface area contributed by atoms with E-state index in [4.69, 9.17) is 4.74 Å². The lowest BCUT2D eigenvalue weighted by atomic mass is 10.1. The van der Waals surface area contributed by atoms with Gasteiger partial charge in [-0.1, -0.05) is 6.92 Å². The zero-order valence-corrected chi connectivity index (χ0v) is 13.7. The number of piperazine rings is 1. The summed E-state index contributed by atoms with van der Waals surface area (Å²) < 4.78 is 5.58. The fourth-order valence-corrected chi connectivity index (χ4v) is 3.40. The first-order chi connectivity index (χ1) is 11.2. The molecule has 0 spiro atoms. The maximum atomic E-state index is 12.3. The van der Waals surface area contributed by atoms with E-state index < -0.39 is 0 Å². The number of nitrogens with zero attached hydrogens (tertiary/aromatic N) is 2. The van der Waals surface area contributed by atoms with E-state index in [9.17, 15) is 9.59 Å². The van der Waals surface area contributed by atoms with Gasteiger partial charge in [0.1, 0.15) is 5.75 Å². The van der Waals surface area contributed by atoms with Crippen LogP contribution in [0.2, 0.25) is 0 Å². The van der Waals surface area contributed by atoms with Crippen LogP contribution in [-0.4, -0.2) is 60.3 Å². The molecule has 0 aromatic heterocycles. The summed E-state index contributed by atoms with van der Waals surface area (Å²) in [6, 6.07) is 7.55. The van der Waals surface area contributed by atoms with Crippen LogP contribution in [0.5, 0.6) is 5.75 Å². The maximum absolute atomic E-state index is 12.3. The van der Waals surface area contributed by atoms with E-state index in [0.29, 0.717) is 23.8 Å². The number of rotatable bonds is 5. The van der Waals surface area contributed by atoms with Crippen molar-refractivity contribution in [2.24, 2.45) is 0 Å². The molecule has 3 rings (SSSR count). The van der Waals surface area contributed by atoms with Crippen molar-refractivity contribution in [3.63, 3.8) is 0 Å². The van der Waals surface area contributed by atoms with Gasteiger partial charge in [0, 0.05) is 37.7 Å². The average Bonchev–Trinajstić information content (AvgIpc) is 3.07.